The Morgan fingerprint density at radius 1 is 1.10 bits per heavy atom. The molecule has 0 radical (unpaired) electrons. The second-order valence-electron chi connectivity index (χ2n) is 5.92. The number of aromatic nitrogens is 1. The van der Waals surface area contributed by atoms with E-state index in [-0.39, 0.29) is 18.9 Å². The van der Waals surface area contributed by atoms with E-state index in [0.717, 1.165) is 0 Å². The standard InChI is InChI=1S/C20H19F2N3O4/c1-27-14-6-4-13(5-7-14)17-16(25-19(29-17)18(21)22)12-2-8-15(9-3-12)28-11-10-24-20(23)26/h2-9,18H,10-11H2,1H3,(H3,23,24,26). The summed E-state index contributed by atoms with van der Waals surface area (Å²) in [7, 11) is 1.54. The Bertz CT molecular complexity index is 957. The number of halogens is 2. The van der Waals surface area contributed by atoms with Crippen molar-refractivity contribution in [1.29, 1.82) is 0 Å². The number of primary amides is 1. The molecule has 1 aromatic heterocycles. The molecule has 3 rings (SSSR count). The SMILES string of the molecule is COc1ccc(-c2oc(C(F)F)nc2-c2ccc(OCCNC(N)=O)cc2)cc1. The lowest BCUT2D eigenvalue weighted by molar-refractivity contribution is 0.116. The molecule has 3 N–H and O–H groups in total. The summed E-state index contributed by atoms with van der Waals surface area (Å²) < 4.78 is 42.3. The summed E-state index contributed by atoms with van der Waals surface area (Å²) in [4.78, 5) is 14.6. The van der Waals surface area contributed by atoms with Crippen molar-refractivity contribution in [3.05, 3.63) is 54.4 Å². The number of ether oxygens (including phenoxy) is 2. The van der Waals surface area contributed by atoms with Crippen LogP contribution in [0.1, 0.15) is 12.3 Å². The average molecular weight is 403 g/mol. The smallest absolute Gasteiger partial charge is 0.313 e. The van der Waals surface area contributed by atoms with Crippen LogP contribution in [0.3, 0.4) is 0 Å². The molecule has 2 amide bonds. The zero-order valence-corrected chi connectivity index (χ0v) is 15.5. The summed E-state index contributed by atoms with van der Waals surface area (Å²) >= 11 is 0. The number of nitrogens with one attached hydrogen (secondary N) is 1. The Balaban J connectivity index is 1.84. The molecule has 0 aliphatic carbocycles. The number of nitrogens with zero attached hydrogens (tertiary/aromatic N) is 1. The molecule has 152 valence electrons. The predicted molar refractivity (Wildman–Crippen MR) is 102 cm³/mol. The van der Waals surface area contributed by atoms with Gasteiger partial charge in [0.2, 0.25) is 0 Å². The fourth-order valence-corrected chi connectivity index (χ4v) is 2.62. The molecule has 0 fully saturated rings. The van der Waals surface area contributed by atoms with Gasteiger partial charge in [0.25, 0.3) is 5.89 Å². The van der Waals surface area contributed by atoms with Gasteiger partial charge in [-0.25, -0.2) is 9.78 Å². The molecule has 7 nitrogen and oxygen atoms in total. The first-order valence-electron chi connectivity index (χ1n) is 8.67. The number of urea groups is 1. The molecule has 0 bridgehead atoms. The number of rotatable bonds is 8. The fraction of sp³-hybridized carbons (Fsp3) is 0.200. The zero-order chi connectivity index (χ0) is 20.8. The number of hydrogen-bond donors (Lipinski definition) is 2. The van der Waals surface area contributed by atoms with Crippen LogP contribution in [0.2, 0.25) is 0 Å². The first-order chi connectivity index (χ1) is 14.0. The summed E-state index contributed by atoms with van der Waals surface area (Å²) in [5.74, 6) is 0.769. The molecule has 0 unspecified atom stereocenters. The van der Waals surface area contributed by atoms with Gasteiger partial charge in [-0.2, -0.15) is 8.78 Å². The zero-order valence-electron chi connectivity index (χ0n) is 15.5. The van der Waals surface area contributed by atoms with E-state index in [2.05, 4.69) is 10.3 Å². The van der Waals surface area contributed by atoms with Gasteiger partial charge in [0.05, 0.1) is 13.7 Å². The number of alkyl halides is 2. The van der Waals surface area contributed by atoms with Crippen molar-refractivity contribution >= 4 is 6.03 Å². The second-order valence-corrected chi connectivity index (χ2v) is 5.92. The van der Waals surface area contributed by atoms with Gasteiger partial charge >= 0.3 is 12.5 Å². The summed E-state index contributed by atoms with van der Waals surface area (Å²) in [6, 6.07) is 12.9. The van der Waals surface area contributed by atoms with Gasteiger partial charge < -0.3 is 24.9 Å². The summed E-state index contributed by atoms with van der Waals surface area (Å²) in [5, 5.41) is 2.41. The number of hydrogen-bond acceptors (Lipinski definition) is 5. The average Bonchev–Trinajstić information content (AvgIpc) is 3.17. The maximum Gasteiger partial charge on any atom is 0.313 e. The number of benzene rings is 2. The van der Waals surface area contributed by atoms with Crippen LogP contribution < -0.4 is 20.5 Å². The molecule has 0 saturated carbocycles. The minimum absolute atomic E-state index is 0.235. The van der Waals surface area contributed by atoms with E-state index < -0.39 is 18.3 Å². The molecule has 0 aliphatic rings. The Hall–Kier alpha value is -3.62. The number of carbonyl (C=O) groups excluding carboxylic acids is 1. The quantitative estimate of drug-likeness (QED) is 0.554. The molecule has 29 heavy (non-hydrogen) atoms. The highest BCUT2D eigenvalue weighted by molar-refractivity contribution is 5.77. The van der Waals surface area contributed by atoms with Crippen LogP contribution in [0.5, 0.6) is 11.5 Å². The van der Waals surface area contributed by atoms with E-state index in [1.807, 2.05) is 0 Å². The maximum atomic E-state index is 13.2. The van der Waals surface area contributed by atoms with Crippen molar-refractivity contribution in [2.24, 2.45) is 5.73 Å². The molecule has 9 heteroatoms. The van der Waals surface area contributed by atoms with Crippen molar-refractivity contribution in [3.63, 3.8) is 0 Å². The summed E-state index contributed by atoms with van der Waals surface area (Å²) in [6.45, 7) is 0.499. The molecular formula is C20H19F2N3O4. The second kappa shape index (κ2) is 9.05. The van der Waals surface area contributed by atoms with E-state index in [1.54, 1.807) is 48.5 Å². The van der Waals surface area contributed by atoms with Crippen LogP contribution >= 0.6 is 0 Å². The van der Waals surface area contributed by atoms with E-state index in [9.17, 15) is 13.6 Å². The van der Waals surface area contributed by atoms with Gasteiger partial charge in [-0.1, -0.05) is 0 Å². The number of oxazole rings is 1. The van der Waals surface area contributed by atoms with E-state index in [0.29, 0.717) is 28.3 Å². The summed E-state index contributed by atoms with van der Waals surface area (Å²) in [5.41, 5.74) is 6.46. The highest BCUT2D eigenvalue weighted by Gasteiger charge is 2.22. The monoisotopic (exact) mass is 403 g/mol. The Morgan fingerprint density at radius 3 is 2.31 bits per heavy atom. The molecule has 0 aliphatic heterocycles. The van der Waals surface area contributed by atoms with Crippen molar-refractivity contribution < 1.29 is 27.5 Å². The maximum absolute atomic E-state index is 13.2. The molecule has 0 atom stereocenters. The third-order valence-electron chi connectivity index (χ3n) is 3.98. The lowest BCUT2D eigenvalue weighted by atomic mass is 10.1. The summed E-state index contributed by atoms with van der Waals surface area (Å²) in [6.07, 6.45) is -2.83. The minimum atomic E-state index is -2.83. The van der Waals surface area contributed by atoms with Crippen LogP contribution in [-0.4, -0.2) is 31.3 Å². The fourth-order valence-electron chi connectivity index (χ4n) is 2.62. The third-order valence-corrected chi connectivity index (χ3v) is 3.98. The van der Waals surface area contributed by atoms with Gasteiger partial charge in [-0.05, 0) is 48.5 Å². The molecular weight excluding hydrogens is 384 g/mol. The molecule has 1 heterocycles. The highest BCUT2D eigenvalue weighted by atomic mass is 19.3. The molecule has 0 saturated heterocycles. The highest BCUT2D eigenvalue weighted by Crippen LogP contribution is 2.36. The molecule has 2 aromatic carbocycles. The first kappa shape index (κ1) is 20.1. The predicted octanol–water partition coefficient (Wildman–Crippen LogP) is 4.00. The Labute approximate surface area is 165 Å². The minimum Gasteiger partial charge on any atom is -0.497 e. The van der Waals surface area contributed by atoms with Gasteiger partial charge in [0.1, 0.15) is 23.8 Å². The number of amides is 2. The Kier molecular flexibility index (Phi) is 6.28. The topological polar surface area (TPSA) is 99.6 Å². The number of nitrogens with two attached hydrogens (primary N) is 1. The van der Waals surface area contributed by atoms with Crippen molar-refractivity contribution in [2.45, 2.75) is 6.43 Å². The van der Waals surface area contributed by atoms with Crippen LogP contribution in [0.4, 0.5) is 13.6 Å². The van der Waals surface area contributed by atoms with Crippen LogP contribution in [0.15, 0.2) is 52.9 Å². The van der Waals surface area contributed by atoms with Crippen LogP contribution in [0, 0.1) is 0 Å². The largest absolute Gasteiger partial charge is 0.497 e. The van der Waals surface area contributed by atoms with E-state index in [4.69, 9.17) is 19.6 Å². The van der Waals surface area contributed by atoms with Gasteiger partial charge in [-0.15, -0.1) is 0 Å². The lowest BCUT2D eigenvalue weighted by Crippen LogP contribution is -2.32. The van der Waals surface area contributed by atoms with Gasteiger partial charge in [-0.3, -0.25) is 0 Å². The van der Waals surface area contributed by atoms with Crippen LogP contribution in [-0.2, 0) is 0 Å². The van der Waals surface area contributed by atoms with E-state index in [1.165, 1.54) is 7.11 Å². The van der Waals surface area contributed by atoms with Gasteiger partial charge in [0, 0.05) is 11.1 Å². The van der Waals surface area contributed by atoms with Crippen molar-refractivity contribution in [1.82, 2.24) is 10.3 Å². The van der Waals surface area contributed by atoms with Gasteiger partial charge in [0.15, 0.2) is 5.76 Å². The Morgan fingerprint density at radius 2 is 1.72 bits per heavy atom. The lowest BCUT2D eigenvalue weighted by Gasteiger charge is -2.07. The number of carbonyl (C=O) groups is 1. The normalized spacial score (nSPS) is 10.8. The first-order valence-corrected chi connectivity index (χ1v) is 8.67. The molecule has 3 aromatic rings. The molecule has 0 spiro atoms. The van der Waals surface area contributed by atoms with Crippen molar-refractivity contribution in [3.8, 4) is 34.1 Å². The number of methoxy groups -OCH3 is 1. The van der Waals surface area contributed by atoms with Crippen LogP contribution in [0.25, 0.3) is 22.6 Å². The van der Waals surface area contributed by atoms with E-state index >= 15 is 0 Å². The van der Waals surface area contributed by atoms with Crippen molar-refractivity contribution in [2.75, 3.05) is 20.3 Å². The third kappa shape index (κ3) is 5.01.